The highest BCUT2D eigenvalue weighted by Gasteiger charge is 2.32. The molecule has 0 spiro atoms. The summed E-state index contributed by atoms with van der Waals surface area (Å²) in [6, 6.07) is 13.8. The van der Waals surface area contributed by atoms with Gasteiger partial charge in [0.15, 0.2) is 0 Å². The summed E-state index contributed by atoms with van der Waals surface area (Å²) < 4.78 is 20.7. The Bertz CT molecular complexity index is 951. The van der Waals surface area contributed by atoms with Crippen LogP contribution >= 0.6 is 0 Å². The van der Waals surface area contributed by atoms with E-state index in [-0.39, 0.29) is 24.1 Å². The minimum atomic E-state index is -0.344. The van der Waals surface area contributed by atoms with Crippen LogP contribution in [-0.4, -0.2) is 22.6 Å². The van der Waals surface area contributed by atoms with Gasteiger partial charge in [0.1, 0.15) is 23.7 Å². The molecule has 0 saturated heterocycles. The second-order valence-electron chi connectivity index (χ2n) is 5.88. The Morgan fingerprint density at radius 1 is 1.24 bits per heavy atom. The van der Waals surface area contributed by atoms with Crippen LogP contribution in [-0.2, 0) is 4.79 Å². The maximum absolute atomic E-state index is 13.6. The first-order chi connectivity index (χ1) is 12.2. The van der Waals surface area contributed by atoms with Gasteiger partial charge < -0.3 is 10.1 Å². The number of hydrogen-bond donors (Lipinski definition) is 1. The fourth-order valence-corrected chi connectivity index (χ4v) is 3.24. The normalized spacial score (nSPS) is 16.2. The summed E-state index contributed by atoms with van der Waals surface area (Å²) in [5.41, 5.74) is 2.26. The van der Waals surface area contributed by atoms with Crippen LogP contribution < -0.4 is 10.1 Å². The van der Waals surface area contributed by atoms with Crippen molar-refractivity contribution in [3.8, 4) is 11.4 Å². The SMILES string of the molecule is COc1ccccc1[C@H]1CC(=O)Nc2c1ncn2-c1cccc(F)c1. The number of nitrogens with one attached hydrogen (secondary N) is 1. The largest absolute Gasteiger partial charge is 0.496 e. The molecule has 1 aromatic heterocycles. The van der Waals surface area contributed by atoms with Crippen LogP contribution in [0, 0.1) is 5.82 Å². The van der Waals surface area contributed by atoms with Gasteiger partial charge in [0.05, 0.1) is 18.5 Å². The van der Waals surface area contributed by atoms with Crippen molar-refractivity contribution in [1.82, 2.24) is 9.55 Å². The van der Waals surface area contributed by atoms with Crippen molar-refractivity contribution in [2.24, 2.45) is 0 Å². The molecule has 0 radical (unpaired) electrons. The summed E-state index contributed by atoms with van der Waals surface area (Å²) in [6.45, 7) is 0. The molecule has 25 heavy (non-hydrogen) atoms. The van der Waals surface area contributed by atoms with E-state index in [1.165, 1.54) is 12.1 Å². The zero-order valence-corrected chi connectivity index (χ0v) is 13.6. The molecule has 1 aliphatic rings. The van der Waals surface area contributed by atoms with Crippen LogP contribution in [0.25, 0.3) is 5.69 Å². The lowest BCUT2D eigenvalue weighted by Crippen LogP contribution is -2.25. The van der Waals surface area contributed by atoms with Gasteiger partial charge in [0, 0.05) is 17.9 Å². The highest BCUT2D eigenvalue weighted by Crippen LogP contribution is 2.40. The third-order valence-electron chi connectivity index (χ3n) is 4.37. The Kier molecular flexibility index (Phi) is 3.72. The van der Waals surface area contributed by atoms with Gasteiger partial charge in [-0.25, -0.2) is 9.37 Å². The zero-order chi connectivity index (χ0) is 17.4. The Hall–Kier alpha value is -3.15. The Labute approximate surface area is 144 Å². The molecular weight excluding hydrogens is 321 g/mol. The van der Waals surface area contributed by atoms with E-state index in [9.17, 15) is 9.18 Å². The second kappa shape index (κ2) is 6.05. The molecule has 5 nitrogen and oxygen atoms in total. The molecule has 0 bridgehead atoms. The summed E-state index contributed by atoms with van der Waals surface area (Å²) in [5.74, 6) is 0.617. The van der Waals surface area contributed by atoms with E-state index in [0.29, 0.717) is 17.3 Å². The number of nitrogens with zero attached hydrogens (tertiary/aromatic N) is 2. The zero-order valence-electron chi connectivity index (χ0n) is 13.6. The predicted molar refractivity (Wildman–Crippen MR) is 91.6 cm³/mol. The molecule has 126 valence electrons. The number of aromatic nitrogens is 2. The van der Waals surface area contributed by atoms with Gasteiger partial charge in [0.25, 0.3) is 0 Å². The number of amides is 1. The maximum Gasteiger partial charge on any atom is 0.226 e. The third kappa shape index (κ3) is 2.65. The number of imidazole rings is 1. The van der Waals surface area contributed by atoms with Gasteiger partial charge in [-0.2, -0.15) is 0 Å². The van der Waals surface area contributed by atoms with Gasteiger partial charge in [-0.1, -0.05) is 24.3 Å². The van der Waals surface area contributed by atoms with Gasteiger partial charge >= 0.3 is 0 Å². The number of fused-ring (bicyclic) bond motifs is 1. The molecule has 0 aliphatic carbocycles. The van der Waals surface area contributed by atoms with Gasteiger partial charge in [0.2, 0.25) is 5.91 Å². The molecule has 0 saturated carbocycles. The standard InChI is InChI=1S/C19H16FN3O2/c1-25-16-8-3-2-7-14(16)15-10-17(24)22-19-18(15)21-11-23(19)13-6-4-5-12(20)9-13/h2-9,11,15H,10H2,1H3,(H,22,24)/t15-/m1/s1. The molecule has 1 atom stereocenters. The Balaban J connectivity index is 1.84. The van der Waals surface area contributed by atoms with E-state index >= 15 is 0 Å². The van der Waals surface area contributed by atoms with Gasteiger partial charge in [-0.3, -0.25) is 9.36 Å². The summed E-state index contributed by atoms with van der Waals surface area (Å²) in [5, 5.41) is 2.86. The van der Waals surface area contributed by atoms with E-state index in [4.69, 9.17) is 4.74 Å². The van der Waals surface area contributed by atoms with E-state index in [1.807, 2.05) is 24.3 Å². The number of rotatable bonds is 3. The van der Waals surface area contributed by atoms with Crippen LogP contribution in [0.5, 0.6) is 5.75 Å². The number of ether oxygens (including phenoxy) is 1. The van der Waals surface area contributed by atoms with Crippen LogP contribution in [0.1, 0.15) is 23.6 Å². The minimum Gasteiger partial charge on any atom is -0.496 e. The fraction of sp³-hybridized carbons (Fsp3) is 0.158. The molecule has 4 rings (SSSR count). The van der Waals surface area contributed by atoms with Crippen molar-refractivity contribution >= 4 is 11.7 Å². The summed E-state index contributed by atoms with van der Waals surface area (Å²) in [4.78, 5) is 16.8. The summed E-state index contributed by atoms with van der Waals surface area (Å²) in [6.07, 6.45) is 1.89. The number of hydrogen-bond acceptors (Lipinski definition) is 3. The van der Waals surface area contributed by atoms with E-state index in [0.717, 1.165) is 11.3 Å². The average Bonchev–Trinajstić information content (AvgIpc) is 3.04. The molecule has 3 aromatic rings. The first-order valence-corrected chi connectivity index (χ1v) is 7.93. The quantitative estimate of drug-likeness (QED) is 0.796. The van der Waals surface area contributed by atoms with Gasteiger partial charge in [-0.15, -0.1) is 0 Å². The van der Waals surface area contributed by atoms with Crippen molar-refractivity contribution in [3.05, 3.63) is 71.9 Å². The summed E-state index contributed by atoms with van der Waals surface area (Å²) in [7, 11) is 1.61. The number of methoxy groups -OCH3 is 1. The van der Waals surface area contributed by atoms with Crippen molar-refractivity contribution in [1.29, 1.82) is 0 Å². The molecular formula is C19H16FN3O2. The van der Waals surface area contributed by atoms with E-state index in [2.05, 4.69) is 10.3 Å². The second-order valence-corrected chi connectivity index (χ2v) is 5.88. The van der Waals surface area contributed by atoms with Crippen molar-refractivity contribution < 1.29 is 13.9 Å². The summed E-state index contributed by atoms with van der Waals surface area (Å²) >= 11 is 0. The molecule has 1 N–H and O–H groups in total. The number of halogens is 1. The van der Waals surface area contributed by atoms with Crippen LogP contribution in [0.2, 0.25) is 0 Å². The molecule has 0 fully saturated rings. The predicted octanol–water partition coefficient (Wildman–Crippen LogP) is 3.49. The molecule has 0 unspecified atom stereocenters. The molecule has 2 heterocycles. The molecule has 1 aliphatic heterocycles. The smallest absolute Gasteiger partial charge is 0.226 e. The first-order valence-electron chi connectivity index (χ1n) is 7.93. The number of anilines is 1. The van der Waals surface area contributed by atoms with E-state index in [1.54, 1.807) is 30.1 Å². The average molecular weight is 337 g/mol. The Morgan fingerprint density at radius 3 is 2.88 bits per heavy atom. The van der Waals surface area contributed by atoms with Crippen LogP contribution in [0.4, 0.5) is 10.2 Å². The lowest BCUT2D eigenvalue weighted by Gasteiger charge is -2.24. The lowest BCUT2D eigenvalue weighted by atomic mass is 9.89. The molecule has 6 heteroatoms. The lowest BCUT2D eigenvalue weighted by molar-refractivity contribution is -0.116. The van der Waals surface area contributed by atoms with Gasteiger partial charge in [-0.05, 0) is 24.3 Å². The monoisotopic (exact) mass is 337 g/mol. The molecule has 2 aromatic carbocycles. The van der Waals surface area contributed by atoms with Crippen molar-refractivity contribution in [2.45, 2.75) is 12.3 Å². The Morgan fingerprint density at radius 2 is 2.08 bits per heavy atom. The molecule has 1 amide bonds. The topological polar surface area (TPSA) is 56.1 Å². The van der Waals surface area contributed by atoms with Crippen molar-refractivity contribution in [3.63, 3.8) is 0 Å². The maximum atomic E-state index is 13.6. The van der Waals surface area contributed by atoms with E-state index < -0.39 is 0 Å². The highest BCUT2D eigenvalue weighted by atomic mass is 19.1. The number of benzene rings is 2. The number of para-hydroxylation sites is 1. The highest BCUT2D eigenvalue weighted by molar-refractivity contribution is 5.94. The minimum absolute atomic E-state index is 0.110. The first kappa shape index (κ1) is 15.4. The van der Waals surface area contributed by atoms with Crippen LogP contribution in [0.15, 0.2) is 54.9 Å². The van der Waals surface area contributed by atoms with Crippen LogP contribution in [0.3, 0.4) is 0 Å². The number of carbonyl (C=O) groups excluding carboxylic acids is 1. The number of carbonyl (C=O) groups is 1. The third-order valence-corrected chi connectivity index (χ3v) is 4.37. The van der Waals surface area contributed by atoms with Crippen molar-refractivity contribution in [2.75, 3.05) is 12.4 Å². The fourth-order valence-electron chi connectivity index (χ4n) is 3.24.